The molecule has 0 radical (unpaired) electrons. The molecule has 0 saturated carbocycles. The molecule has 2 fully saturated rings. The SMILES string of the molecule is CC1(C)CN(C(=O)O)[C@H](c2ccc(-n3c(Cl)cc4c(=O)n(CC5(O)CCN(C(=O)c6ccc(Cl)cc6)CC5)cnc43)cc2)CO1. The van der Waals surface area contributed by atoms with Gasteiger partial charge in [0.2, 0.25) is 0 Å². The van der Waals surface area contributed by atoms with Crippen molar-refractivity contribution in [3.05, 3.63) is 92.6 Å². The Morgan fingerprint density at radius 3 is 2.36 bits per heavy atom. The Labute approximate surface area is 269 Å². The minimum Gasteiger partial charge on any atom is -0.465 e. The summed E-state index contributed by atoms with van der Waals surface area (Å²) in [5.74, 6) is -0.131. The van der Waals surface area contributed by atoms with Gasteiger partial charge in [0.05, 0.1) is 42.3 Å². The first-order chi connectivity index (χ1) is 21.3. The standard InChI is InChI=1S/C32H33Cl2N5O6/c1-31(2)17-38(30(42)43)25(16-45-31)20-5-9-23(10-6-20)39-26(34)15-24-27(39)35-19-37(29(24)41)18-32(44)11-13-36(14-12-32)28(40)21-3-7-22(33)8-4-21/h3-10,15,19,25,44H,11-14,16-18H2,1-2H3,(H,42,43)/t25-/m0/s1. The van der Waals surface area contributed by atoms with Gasteiger partial charge in [0, 0.05) is 29.4 Å². The van der Waals surface area contributed by atoms with Gasteiger partial charge in [-0.05, 0) is 74.7 Å². The third kappa shape index (κ3) is 6.17. The zero-order valence-electron chi connectivity index (χ0n) is 24.8. The van der Waals surface area contributed by atoms with Gasteiger partial charge in [-0.25, -0.2) is 9.78 Å². The molecule has 2 aromatic carbocycles. The number of benzene rings is 2. The van der Waals surface area contributed by atoms with E-state index in [4.69, 9.17) is 27.9 Å². The van der Waals surface area contributed by atoms with Crippen LogP contribution in [0.25, 0.3) is 16.7 Å². The number of likely N-dealkylation sites (tertiary alicyclic amines) is 1. The molecule has 6 rings (SSSR count). The Morgan fingerprint density at radius 2 is 1.71 bits per heavy atom. The molecule has 4 aromatic rings. The van der Waals surface area contributed by atoms with Crippen LogP contribution in [0.2, 0.25) is 10.2 Å². The first-order valence-corrected chi connectivity index (χ1v) is 15.4. The van der Waals surface area contributed by atoms with Gasteiger partial charge in [-0.2, -0.15) is 0 Å². The summed E-state index contributed by atoms with van der Waals surface area (Å²) in [4.78, 5) is 46.0. The lowest BCUT2D eigenvalue weighted by Crippen LogP contribution is -2.51. The molecular formula is C32H33Cl2N5O6. The van der Waals surface area contributed by atoms with Crippen molar-refractivity contribution in [1.82, 2.24) is 23.9 Å². The number of fused-ring (bicyclic) bond motifs is 1. The molecule has 2 aliphatic rings. The summed E-state index contributed by atoms with van der Waals surface area (Å²) in [7, 11) is 0. The maximum absolute atomic E-state index is 13.5. The maximum atomic E-state index is 13.5. The highest BCUT2D eigenvalue weighted by Gasteiger charge is 2.38. The average molecular weight is 655 g/mol. The number of ether oxygens (including phenoxy) is 1. The molecule has 45 heavy (non-hydrogen) atoms. The molecule has 1 atom stereocenters. The van der Waals surface area contributed by atoms with E-state index in [1.165, 1.54) is 15.8 Å². The van der Waals surface area contributed by atoms with Crippen LogP contribution in [0.1, 0.15) is 48.7 Å². The molecule has 0 unspecified atom stereocenters. The quantitative estimate of drug-likeness (QED) is 0.310. The number of aliphatic hydroxyl groups is 1. The lowest BCUT2D eigenvalue weighted by Gasteiger charge is -2.42. The third-order valence-corrected chi connectivity index (χ3v) is 9.15. The van der Waals surface area contributed by atoms with E-state index in [1.807, 2.05) is 26.0 Å². The Kier molecular flexibility index (Phi) is 8.15. The molecule has 2 saturated heterocycles. The highest BCUT2D eigenvalue weighted by atomic mass is 35.5. The van der Waals surface area contributed by atoms with Crippen LogP contribution in [-0.2, 0) is 11.3 Å². The Bertz CT molecular complexity index is 1810. The molecule has 2 amide bonds. The predicted octanol–water partition coefficient (Wildman–Crippen LogP) is 4.99. The van der Waals surface area contributed by atoms with Crippen LogP contribution in [0.5, 0.6) is 0 Å². The van der Waals surface area contributed by atoms with Crippen molar-refractivity contribution in [2.75, 3.05) is 26.2 Å². The van der Waals surface area contributed by atoms with E-state index in [0.29, 0.717) is 53.2 Å². The van der Waals surface area contributed by atoms with Crippen LogP contribution < -0.4 is 5.56 Å². The summed E-state index contributed by atoms with van der Waals surface area (Å²) < 4.78 is 8.93. The first kappa shape index (κ1) is 31.1. The normalized spacial score (nSPS) is 19.5. The van der Waals surface area contributed by atoms with Gasteiger partial charge in [-0.1, -0.05) is 35.3 Å². The zero-order chi connectivity index (χ0) is 32.1. The minimum absolute atomic E-state index is 0.0234. The fraction of sp³-hybridized carbons (Fsp3) is 0.375. The number of piperidine rings is 1. The molecule has 2 aromatic heterocycles. The summed E-state index contributed by atoms with van der Waals surface area (Å²) in [5.41, 5.74) is 0.201. The molecular weight excluding hydrogens is 621 g/mol. The largest absolute Gasteiger partial charge is 0.465 e. The summed E-state index contributed by atoms with van der Waals surface area (Å²) in [6.45, 7) is 4.90. The van der Waals surface area contributed by atoms with Crippen molar-refractivity contribution >= 4 is 46.2 Å². The predicted molar refractivity (Wildman–Crippen MR) is 169 cm³/mol. The summed E-state index contributed by atoms with van der Waals surface area (Å²) >= 11 is 12.5. The van der Waals surface area contributed by atoms with Crippen LogP contribution >= 0.6 is 23.2 Å². The highest BCUT2D eigenvalue weighted by Crippen LogP contribution is 2.32. The summed E-state index contributed by atoms with van der Waals surface area (Å²) in [5, 5.41) is 22.3. The number of hydrogen-bond acceptors (Lipinski definition) is 6. The van der Waals surface area contributed by atoms with E-state index in [1.54, 1.807) is 51.9 Å². The third-order valence-electron chi connectivity index (χ3n) is 8.62. The highest BCUT2D eigenvalue weighted by molar-refractivity contribution is 6.31. The van der Waals surface area contributed by atoms with Crippen LogP contribution in [0.15, 0.2) is 65.7 Å². The van der Waals surface area contributed by atoms with E-state index in [2.05, 4.69) is 4.98 Å². The van der Waals surface area contributed by atoms with Gasteiger partial charge >= 0.3 is 6.09 Å². The zero-order valence-corrected chi connectivity index (χ0v) is 26.3. The molecule has 0 bridgehead atoms. The van der Waals surface area contributed by atoms with Crippen molar-refractivity contribution < 1.29 is 24.5 Å². The lowest BCUT2D eigenvalue weighted by atomic mass is 9.91. The van der Waals surface area contributed by atoms with Crippen molar-refractivity contribution in [2.45, 2.75) is 50.5 Å². The summed E-state index contributed by atoms with van der Waals surface area (Å²) in [6, 6.07) is 15.0. The number of amides is 2. The number of rotatable bonds is 5. The molecule has 11 nitrogen and oxygen atoms in total. The van der Waals surface area contributed by atoms with Crippen LogP contribution in [0.4, 0.5) is 4.79 Å². The average Bonchev–Trinajstić information content (AvgIpc) is 3.35. The maximum Gasteiger partial charge on any atom is 0.407 e. The second-order valence-electron chi connectivity index (χ2n) is 12.3. The van der Waals surface area contributed by atoms with Gasteiger partial charge in [-0.15, -0.1) is 0 Å². The Hall–Kier alpha value is -3.90. The van der Waals surface area contributed by atoms with Crippen LogP contribution in [0.3, 0.4) is 0 Å². The van der Waals surface area contributed by atoms with Gasteiger partial charge in [-0.3, -0.25) is 23.6 Å². The molecule has 2 aliphatic heterocycles. The number of halogens is 2. The molecule has 4 heterocycles. The van der Waals surface area contributed by atoms with E-state index in [9.17, 15) is 24.6 Å². The minimum atomic E-state index is -1.19. The molecule has 13 heteroatoms. The number of aromatic nitrogens is 3. The fourth-order valence-electron chi connectivity index (χ4n) is 6.10. The molecule has 2 N–H and O–H groups in total. The number of nitrogens with zero attached hydrogens (tertiary/aromatic N) is 5. The number of carbonyl (C=O) groups excluding carboxylic acids is 1. The number of carboxylic acid groups (broad SMARTS) is 1. The van der Waals surface area contributed by atoms with Crippen molar-refractivity contribution in [3.8, 4) is 5.69 Å². The van der Waals surface area contributed by atoms with Gasteiger partial charge in [0.1, 0.15) is 11.5 Å². The van der Waals surface area contributed by atoms with Crippen molar-refractivity contribution in [1.29, 1.82) is 0 Å². The lowest BCUT2D eigenvalue weighted by molar-refractivity contribution is -0.106. The second kappa shape index (κ2) is 11.8. The first-order valence-electron chi connectivity index (χ1n) is 14.6. The van der Waals surface area contributed by atoms with Gasteiger partial charge in [0.25, 0.3) is 11.5 Å². The summed E-state index contributed by atoms with van der Waals surface area (Å²) in [6.07, 6.45) is 0.990. The molecule has 0 spiro atoms. The van der Waals surface area contributed by atoms with E-state index in [-0.39, 0.29) is 36.3 Å². The molecule has 0 aliphatic carbocycles. The Morgan fingerprint density at radius 1 is 1.04 bits per heavy atom. The van der Waals surface area contributed by atoms with Crippen LogP contribution in [-0.4, -0.2) is 83.6 Å². The van der Waals surface area contributed by atoms with E-state index in [0.717, 1.165) is 5.56 Å². The number of hydrogen-bond donors (Lipinski definition) is 2. The number of morpholine rings is 1. The van der Waals surface area contributed by atoms with E-state index >= 15 is 0 Å². The fourth-order valence-corrected chi connectivity index (χ4v) is 6.52. The number of carbonyl (C=O) groups is 2. The Balaban J connectivity index is 1.19. The van der Waals surface area contributed by atoms with Crippen molar-refractivity contribution in [3.63, 3.8) is 0 Å². The molecule has 236 valence electrons. The smallest absolute Gasteiger partial charge is 0.407 e. The van der Waals surface area contributed by atoms with Gasteiger partial charge in [0.15, 0.2) is 5.65 Å². The second-order valence-corrected chi connectivity index (χ2v) is 13.2. The van der Waals surface area contributed by atoms with Crippen molar-refractivity contribution in [2.24, 2.45) is 0 Å². The monoisotopic (exact) mass is 653 g/mol. The van der Waals surface area contributed by atoms with Crippen LogP contribution in [0, 0.1) is 0 Å². The topological polar surface area (TPSA) is 130 Å². The van der Waals surface area contributed by atoms with E-state index < -0.39 is 23.3 Å². The van der Waals surface area contributed by atoms with Gasteiger partial charge < -0.3 is 19.8 Å².